The van der Waals surface area contributed by atoms with Gasteiger partial charge in [0.1, 0.15) is 10.3 Å². The van der Waals surface area contributed by atoms with Gasteiger partial charge in [0, 0.05) is 5.39 Å². The number of aryl methyl sites for hydroxylation is 1. The molecule has 0 unspecified atom stereocenters. The molecule has 1 aromatic heterocycles. The largest absolute Gasteiger partial charge is 0.477 e. The van der Waals surface area contributed by atoms with Crippen molar-refractivity contribution in [2.24, 2.45) is 0 Å². The Morgan fingerprint density at radius 1 is 1.40 bits per heavy atom. The second-order valence-corrected chi connectivity index (χ2v) is 4.08. The van der Waals surface area contributed by atoms with Crippen LogP contribution >= 0.6 is 15.9 Å². The number of hydrogen-bond donors (Lipinski definition) is 1. The summed E-state index contributed by atoms with van der Waals surface area (Å²) >= 11 is 3.27. The quantitative estimate of drug-likeness (QED) is 0.807. The summed E-state index contributed by atoms with van der Waals surface area (Å²) in [6, 6.07) is 7.41. The highest BCUT2D eigenvalue weighted by molar-refractivity contribution is 9.10. The van der Waals surface area contributed by atoms with Crippen LogP contribution in [0.2, 0.25) is 0 Å². The van der Waals surface area contributed by atoms with Gasteiger partial charge in [-0.2, -0.15) is 0 Å². The topological polar surface area (TPSA) is 50.2 Å². The number of carboxylic acid groups (broad SMARTS) is 1. The fourth-order valence-corrected chi connectivity index (χ4v) is 2.00. The minimum Gasteiger partial charge on any atom is -0.477 e. The standard InChI is InChI=1S/C11H8BrNO2/c1-6-2-3-8-7(4-6)5-9(11(14)15)13-10(8)12/h2-5H,1H3,(H,14,15). The number of fused-ring (bicyclic) bond motifs is 1. The molecule has 15 heavy (non-hydrogen) atoms. The third-order valence-electron chi connectivity index (χ3n) is 2.16. The molecule has 76 valence electrons. The maximum Gasteiger partial charge on any atom is 0.354 e. The van der Waals surface area contributed by atoms with E-state index in [1.807, 2.05) is 25.1 Å². The van der Waals surface area contributed by atoms with Crippen LogP contribution < -0.4 is 0 Å². The van der Waals surface area contributed by atoms with Gasteiger partial charge in [-0.15, -0.1) is 0 Å². The predicted molar refractivity (Wildman–Crippen MR) is 61.1 cm³/mol. The van der Waals surface area contributed by atoms with Crippen LogP contribution in [0.5, 0.6) is 0 Å². The zero-order valence-corrected chi connectivity index (χ0v) is 9.58. The van der Waals surface area contributed by atoms with E-state index in [-0.39, 0.29) is 5.69 Å². The van der Waals surface area contributed by atoms with E-state index in [1.54, 1.807) is 6.07 Å². The number of hydrogen-bond acceptors (Lipinski definition) is 2. The van der Waals surface area contributed by atoms with Crippen LogP contribution in [-0.4, -0.2) is 16.1 Å². The van der Waals surface area contributed by atoms with Crippen LogP contribution in [0.15, 0.2) is 28.9 Å². The maximum absolute atomic E-state index is 10.8. The van der Waals surface area contributed by atoms with Gasteiger partial charge in [-0.3, -0.25) is 0 Å². The highest BCUT2D eigenvalue weighted by atomic mass is 79.9. The first-order chi connectivity index (χ1) is 7.08. The van der Waals surface area contributed by atoms with Crippen molar-refractivity contribution < 1.29 is 9.90 Å². The van der Waals surface area contributed by atoms with Crippen molar-refractivity contribution in [1.29, 1.82) is 0 Å². The number of aromatic nitrogens is 1. The second-order valence-electron chi connectivity index (χ2n) is 3.33. The van der Waals surface area contributed by atoms with Gasteiger partial charge in [-0.25, -0.2) is 9.78 Å². The van der Waals surface area contributed by atoms with E-state index in [2.05, 4.69) is 20.9 Å². The van der Waals surface area contributed by atoms with E-state index in [9.17, 15) is 4.79 Å². The van der Waals surface area contributed by atoms with E-state index in [0.717, 1.165) is 16.3 Å². The van der Waals surface area contributed by atoms with Crippen LogP contribution in [0.4, 0.5) is 0 Å². The average Bonchev–Trinajstić information content (AvgIpc) is 2.16. The SMILES string of the molecule is Cc1ccc2c(Br)nc(C(=O)O)cc2c1. The highest BCUT2D eigenvalue weighted by Crippen LogP contribution is 2.23. The smallest absolute Gasteiger partial charge is 0.354 e. The molecule has 1 aromatic carbocycles. The Morgan fingerprint density at radius 2 is 2.13 bits per heavy atom. The summed E-state index contributed by atoms with van der Waals surface area (Å²) < 4.78 is 0.567. The molecule has 0 amide bonds. The van der Waals surface area contributed by atoms with Gasteiger partial charge in [0.15, 0.2) is 0 Å². The first-order valence-electron chi connectivity index (χ1n) is 4.38. The van der Waals surface area contributed by atoms with Gasteiger partial charge >= 0.3 is 5.97 Å². The zero-order valence-electron chi connectivity index (χ0n) is 7.99. The summed E-state index contributed by atoms with van der Waals surface area (Å²) in [6.07, 6.45) is 0. The molecule has 0 aliphatic carbocycles. The third-order valence-corrected chi connectivity index (χ3v) is 2.76. The Balaban J connectivity index is 2.79. The maximum atomic E-state index is 10.8. The van der Waals surface area contributed by atoms with Crippen molar-refractivity contribution in [3.05, 3.63) is 40.1 Å². The first-order valence-corrected chi connectivity index (χ1v) is 5.17. The molecule has 1 heterocycles. The van der Waals surface area contributed by atoms with Crippen LogP contribution in [0.25, 0.3) is 10.8 Å². The van der Waals surface area contributed by atoms with Crippen molar-refractivity contribution in [3.63, 3.8) is 0 Å². The van der Waals surface area contributed by atoms with Gasteiger partial charge in [-0.05, 0) is 34.3 Å². The molecule has 0 aliphatic heterocycles. The second kappa shape index (κ2) is 3.62. The molecule has 2 rings (SSSR count). The van der Waals surface area contributed by atoms with Crippen molar-refractivity contribution in [3.8, 4) is 0 Å². The number of nitrogens with zero attached hydrogens (tertiary/aromatic N) is 1. The van der Waals surface area contributed by atoms with Crippen molar-refractivity contribution >= 4 is 32.7 Å². The Hall–Kier alpha value is -1.42. The normalized spacial score (nSPS) is 10.5. The minimum atomic E-state index is -1.01. The lowest BCUT2D eigenvalue weighted by atomic mass is 10.1. The Labute approximate surface area is 94.9 Å². The van der Waals surface area contributed by atoms with E-state index < -0.39 is 5.97 Å². The number of pyridine rings is 1. The monoisotopic (exact) mass is 265 g/mol. The number of benzene rings is 1. The Kier molecular flexibility index (Phi) is 2.44. The zero-order chi connectivity index (χ0) is 11.0. The number of carbonyl (C=O) groups is 1. The third kappa shape index (κ3) is 1.85. The van der Waals surface area contributed by atoms with Gasteiger partial charge < -0.3 is 5.11 Å². The Bertz CT molecular complexity index is 552. The van der Waals surface area contributed by atoms with E-state index >= 15 is 0 Å². The molecular weight excluding hydrogens is 258 g/mol. The highest BCUT2D eigenvalue weighted by Gasteiger charge is 2.09. The van der Waals surface area contributed by atoms with Crippen molar-refractivity contribution in [2.75, 3.05) is 0 Å². The summed E-state index contributed by atoms with van der Waals surface area (Å²) in [5, 5.41) is 10.7. The van der Waals surface area contributed by atoms with Crippen LogP contribution in [0.3, 0.4) is 0 Å². The van der Waals surface area contributed by atoms with Gasteiger partial charge in [0.25, 0.3) is 0 Å². The van der Waals surface area contributed by atoms with Gasteiger partial charge in [0.05, 0.1) is 0 Å². The van der Waals surface area contributed by atoms with E-state index in [4.69, 9.17) is 5.11 Å². The lowest BCUT2D eigenvalue weighted by Gasteiger charge is -2.03. The summed E-state index contributed by atoms with van der Waals surface area (Å²) in [5.41, 5.74) is 1.15. The molecule has 1 N–H and O–H groups in total. The first kappa shape index (κ1) is 10.1. The van der Waals surface area contributed by atoms with Gasteiger partial charge in [-0.1, -0.05) is 23.8 Å². The minimum absolute atomic E-state index is 0.0555. The molecule has 3 nitrogen and oxygen atoms in total. The number of carboxylic acids is 1. The molecule has 0 spiro atoms. The molecule has 0 saturated heterocycles. The number of aromatic carboxylic acids is 1. The lowest BCUT2D eigenvalue weighted by molar-refractivity contribution is 0.0690. The summed E-state index contributed by atoms with van der Waals surface area (Å²) in [4.78, 5) is 14.7. The molecule has 4 heteroatoms. The Morgan fingerprint density at radius 3 is 2.80 bits per heavy atom. The molecule has 2 aromatic rings. The van der Waals surface area contributed by atoms with Crippen molar-refractivity contribution in [2.45, 2.75) is 6.92 Å². The lowest BCUT2D eigenvalue weighted by Crippen LogP contribution is -2.00. The molecule has 0 saturated carbocycles. The molecule has 0 fully saturated rings. The van der Waals surface area contributed by atoms with E-state index in [1.165, 1.54) is 0 Å². The van der Waals surface area contributed by atoms with Crippen LogP contribution in [0, 0.1) is 6.92 Å². The van der Waals surface area contributed by atoms with Crippen LogP contribution in [-0.2, 0) is 0 Å². The van der Waals surface area contributed by atoms with E-state index in [0.29, 0.717) is 4.60 Å². The fourth-order valence-electron chi connectivity index (χ4n) is 1.44. The van der Waals surface area contributed by atoms with Crippen molar-refractivity contribution in [1.82, 2.24) is 4.98 Å². The molecule has 0 atom stereocenters. The molecule has 0 aliphatic rings. The molecular formula is C11H8BrNO2. The number of rotatable bonds is 1. The van der Waals surface area contributed by atoms with Gasteiger partial charge in [0.2, 0.25) is 0 Å². The predicted octanol–water partition coefficient (Wildman–Crippen LogP) is 3.00. The fraction of sp³-hybridized carbons (Fsp3) is 0.0909. The number of halogens is 1. The summed E-state index contributed by atoms with van der Waals surface area (Å²) in [5.74, 6) is -1.01. The summed E-state index contributed by atoms with van der Waals surface area (Å²) in [7, 11) is 0. The molecule has 0 radical (unpaired) electrons. The van der Waals surface area contributed by atoms with Crippen LogP contribution in [0.1, 0.15) is 16.1 Å². The molecule has 0 bridgehead atoms. The summed E-state index contributed by atoms with van der Waals surface area (Å²) in [6.45, 7) is 1.97. The average molecular weight is 266 g/mol.